The van der Waals surface area contributed by atoms with Crippen molar-refractivity contribution in [2.45, 2.75) is 36.1 Å². The van der Waals surface area contributed by atoms with Crippen molar-refractivity contribution in [3.63, 3.8) is 0 Å². The van der Waals surface area contributed by atoms with Crippen LogP contribution in [0, 0.1) is 0 Å². The van der Waals surface area contributed by atoms with Crippen LogP contribution in [0.1, 0.15) is 20.8 Å². The van der Waals surface area contributed by atoms with Crippen molar-refractivity contribution in [1.29, 1.82) is 0 Å². The van der Waals surface area contributed by atoms with E-state index in [1.165, 1.54) is 4.31 Å². The number of rotatable bonds is 8. The fourth-order valence-electron chi connectivity index (χ4n) is 2.61. The number of carbonyl (C=O) groups excluding carboxylic acids is 2. The van der Waals surface area contributed by atoms with Gasteiger partial charge in [-0.15, -0.1) is 10.2 Å². The standard InChI is InChI=1S/C17H24N6O4S2/c1-5-23(6-2)29(26,27)13-9-7-8-12(10-13)14-20-21-17(22(14)4)28-11(3)15(24)19-16(18)25/h7-11H,5-6H2,1-4H3,(H3,18,19,24,25)/t11-/m1/s1. The van der Waals surface area contributed by atoms with Crippen molar-refractivity contribution in [2.24, 2.45) is 12.8 Å². The molecule has 1 atom stereocenters. The minimum atomic E-state index is -3.61. The first-order chi connectivity index (χ1) is 13.6. The molecule has 0 bridgehead atoms. The topological polar surface area (TPSA) is 140 Å². The van der Waals surface area contributed by atoms with Gasteiger partial charge in [0, 0.05) is 25.7 Å². The molecule has 2 aromatic rings. The third-order valence-electron chi connectivity index (χ3n) is 4.17. The second-order valence-electron chi connectivity index (χ2n) is 6.10. The summed E-state index contributed by atoms with van der Waals surface area (Å²) in [6.45, 7) is 5.92. The Balaban J connectivity index is 2.31. The summed E-state index contributed by atoms with van der Waals surface area (Å²) in [4.78, 5) is 22.9. The molecule has 1 aromatic carbocycles. The summed E-state index contributed by atoms with van der Waals surface area (Å²) in [6.07, 6.45) is 0. The average molecular weight is 441 g/mol. The van der Waals surface area contributed by atoms with Crippen LogP contribution in [0.15, 0.2) is 34.3 Å². The summed E-state index contributed by atoms with van der Waals surface area (Å²) in [7, 11) is -1.90. The number of thioether (sulfide) groups is 1. The molecule has 10 nitrogen and oxygen atoms in total. The van der Waals surface area contributed by atoms with Crippen LogP contribution in [0.3, 0.4) is 0 Å². The number of nitrogens with zero attached hydrogens (tertiary/aromatic N) is 4. The molecule has 0 spiro atoms. The second-order valence-corrected chi connectivity index (χ2v) is 9.34. The van der Waals surface area contributed by atoms with Gasteiger partial charge >= 0.3 is 6.03 Å². The smallest absolute Gasteiger partial charge is 0.318 e. The number of nitrogens with two attached hydrogens (primary N) is 1. The van der Waals surface area contributed by atoms with Crippen LogP contribution in [0.4, 0.5) is 4.79 Å². The van der Waals surface area contributed by atoms with E-state index in [0.717, 1.165) is 11.8 Å². The SMILES string of the molecule is CCN(CC)S(=O)(=O)c1cccc(-c2nnc(S[C@H](C)C(=O)NC(N)=O)n2C)c1. The van der Waals surface area contributed by atoms with Gasteiger partial charge in [0.2, 0.25) is 15.9 Å². The summed E-state index contributed by atoms with van der Waals surface area (Å²) < 4.78 is 28.6. The van der Waals surface area contributed by atoms with Crippen LogP contribution in [0.2, 0.25) is 0 Å². The molecule has 0 fully saturated rings. The zero-order valence-electron chi connectivity index (χ0n) is 16.6. The molecule has 3 amide bonds. The number of sulfonamides is 1. The van der Waals surface area contributed by atoms with E-state index in [1.54, 1.807) is 56.7 Å². The summed E-state index contributed by atoms with van der Waals surface area (Å²) >= 11 is 1.10. The largest absolute Gasteiger partial charge is 0.351 e. The number of nitrogens with one attached hydrogen (secondary N) is 1. The molecule has 0 unspecified atom stereocenters. The highest BCUT2D eigenvalue weighted by molar-refractivity contribution is 8.00. The maximum atomic E-state index is 12.8. The Kier molecular flexibility index (Phi) is 7.38. The molecule has 0 aliphatic carbocycles. The molecule has 0 aliphatic rings. The number of urea groups is 1. The molecule has 29 heavy (non-hydrogen) atoms. The molecule has 0 aliphatic heterocycles. The Hall–Kier alpha value is -2.44. The first-order valence-corrected chi connectivity index (χ1v) is 11.2. The molecule has 2 rings (SSSR count). The van der Waals surface area contributed by atoms with E-state index in [1.807, 2.05) is 5.32 Å². The van der Waals surface area contributed by atoms with Crippen molar-refractivity contribution in [2.75, 3.05) is 13.1 Å². The van der Waals surface area contributed by atoms with Crippen molar-refractivity contribution >= 4 is 33.7 Å². The number of hydrogen-bond acceptors (Lipinski definition) is 7. The zero-order chi connectivity index (χ0) is 21.8. The number of hydrogen-bond donors (Lipinski definition) is 2. The third-order valence-corrected chi connectivity index (χ3v) is 7.35. The molecule has 1 aromatic heterocycles. The zero-order valence-corrected chi connectivity index (χ0v) is 18.2. The molecule has 0 saturated heterocycles. The van der Waals surface area contributed by atoms with Crippen LogP contribution < -0.4 is 11.1 Å². The van der Waals surface area contributed by atoms with E-state index < -0.39 is 27.2 Å². The van der Waals surface area contributed by atoms with Crippen LogP contribution in [0.25, 0.3) is 11.4 Å². The highest BCUT2D eigenvalue weighted by Crippen LogP contribution is 2.27. The predicted octanol–water partition coefficient (Wildman–Crippen LogP) is 1.19. The minimum absolute atomic E-state index is 0.171. The van der Waals surface area contributed by atoms with Crippen LogP contribution in [-0.2, 0) is 21.9 Å². The van der Waals surface area contributed by atoms with Gasteiger partial charge in [0.05, 0.1) is 10.1 Å². The van der Waals surface area contributed by atoms with E-state index >= 15 is 0 Å². The summed E-state index contributed by atoms with van der Waals surface area (Å²) in [5.41, 5.74) is 5.54. The lowest BCUT2D eigenvalue weighted by molar-refractivity contribution is -0.119. The highest BCUT2D eigenvalue weighted by atomic mass is 32.2. The van der Waals surface area contributed by atoms with Gasteiger partial charge in [0.15, 0.2) is 11.0 Å². The Morgan fingerprint density at radius 2 is 1.93 bits per heavy atom. The monoisotopic (exact) mass is 440 g/mol. The lowest BCUT2D eigenvalue weighted by Gasteiger charge is -2.18. The lowest BCUT2D eigenvalue weighted by atomic mass is 10.2. The normalized spacial score (nSPS) is 12.7. The van der Waals surface area contributed by atoms with Gasteiger partial charge in [-0.3, -0.25) is 10.1 Å². The fraction of sp³-hybridized carbons (Fsp3) is 0.412. The maximum Gasteiger partial charge on any atom is 0.318 e. The lowest BCUT2D eigenvalue weighted by Crippen LogP contribution is -2.39. The van der Waals surface area contributed by atoms with Crippen LogP contribution in [0.5, 0.6) is 0 Å². The molecular formula is C17H24N6O4S2. The van der Waals surface area contributed by atoms with Crippen molar-refractivity contribution in [3.05, 3.63) is 24.3 Å². The third kappa shape index (κ3) is 5.14. The molecule has 1 heterocycles. The number of aromatic nitrogens is 3. The Morgan fingerprint density at radius 3 is 2.52 bits per heavy atom. The van der Waals surface area contributed by atoms with E-state index in [9.17, 15) is 18.0 Å². The minimum Gasteiger partial charge on any atom is -0.351 e. The Morgan fingerprint density at radius 1 is 1.28 bits per heavy atom. The average Bonchev–Trinajstić information content (AvgIpc) is 3.02. The number of amides is 3. The van der Waals surface area contributed by atoms with E-state index in [0.29, 0.717) is 29.6 Å². The van der Waals surface area contributed by atoms with E-state index in [2.05, 4.69) is 10.2 Å². The first kappa shape index (κ1) is 22.8. The fourth-order valence-corrected chi connectivity index (χ4v) is 4.93. The molecular weight excluding hydrogens is 416 g/mol. The maximum absolute atomic E-state index is 12.8. The number of imide groups is 1. The first-order valence-electron chi connectivity index (χ1n) is 8.88. The highest BCUT2D eigenvalue weighted by Gasteiger charge is 2.24. The molecule has 0 radical (unpaired) electrons. The van der Waals surface area contributed by atoms with Gasteiger partial charge in [-0.2, -0.15) is 4.31 Å². The molecule has 12 heteroatoms. The number of carbonyl (C=O) groups is 2. The van der Waals surface area contributed by atoms with Gasteiger partial charge < -0.3 is 10.3 Å². The van der Waals surface area contributed by atoms with Gasteiger partial charge in [0.1, 0.15) is 0 Å². The van der Waals surface area contributed by atoms with E-state index in [-0.39, 0.29) is 4.90 Å². The summed E-state index contributed by atoms with van der Waals surface area (Å²) in [5, 5.41) is 10.0. The second kappa shape index (κ2) is 9.37. The quantitative estimate of drug-likeness (QED) is 0.587. The van der Waals surface area contributed by atoms with Gasteiger partial charge in [-0.1, -0.05) is 37.7 Å². The Labute approximate surface area is 173 Å². The van der Waals surface area contributed by atoms with Gasteiger partial charge in [-0.25, -0.2) is 13.2 Å². The van der Waals surface area contributed by atoms with Crippen molar-refractivity contribution < 1.29 is 18.0 Å². The van der Waals surface area contributed by atoms with E-state index in [4.69, 9.17) is 5.73 Å². The number of benzene rings is 1. The van der Waals surface area contributed by atoms with Gasteiger partial charge in [0.25, 0.3) is 0 Å². The predicted molar refractivity (Wildman–Crippen MR) is 110 cm³/mol. The van der Waals surface area contributed by atoms with Gasteiger partial charge in [-0.05, 0) is 19.1 Å². The van der Waals surface area contributed by atoms with Crippen LogP contribution in [-0.4, -0.2) is 57.8 Å². The Bertz CT molecular complexity index is 1000. The molecule has 158 valence electrons. The van der Waals surface area contributed by atoms with Crippen molar-refractivity contribution in [1.82, 2.24) is 24.4 Å². The molecule has 3 N–H and O–H groups in total. The number of primary amides is 1. The summed E-state index contributed by atoms with van der Waals surface area (Å²) in [6, 6.07) is 5.56. The summed E-state index contributed by atoms with van der Waals surface area (Å²) in [5.74, 6) is -0.0917. The van der Waals surface area contributed by atoms with Crippen LogP contribution >= 0.6 is 11.8 Å². The van der Waals surface area contributed by atoms with Crippen molar-refractivity contribution in [3.8, 4) is 11.4 Å². The molecule has 0 saturated carbocycles.